The van der Waals surface area contributed by atoms with Crippen molar-refractivity contribution in [2.45, 2.75) is 10.6 Å². The normalized spacial score (nSPS) is 10.7. The van der Waals surface area contributed by atoms with E-state index >= 15 is 0 Å². The van der Waals surface area contributed by atoms with Crippen molar-refractivity contribution < 1.29 is 4.42 Å². The molecule has 0 bridgehead atoms. The zero-order valence-corrected chi connectivity index (χ0v) is 10.5. The van der Waals surface area contributed by atoms with E-state index in [0.29, 0.717) is 0 Å². The number of benzene rings is 1. The number of para-hydroxylation sites is 1. The minimum atomic E-state index is 0.905. The number of imidazole rings is 1. The number of furan rings is 1. The molecule has 2 aromatic heterocycles. The molecule has 2 heterocycles. The van der Waals surface area contributed by atoms with Gasteiger partial charge in [-0.2, -0.15) is 0 Å². The average Bonchev–Trinajstić information content (AvgIpc) is 3.10. The fraction of sp³-hybridized carbons (Fsp3) is 0.0714. The average molecular weight is 256 g/mol. The third-order valence-corrected chi connectivity index (χ3v) is 3.76. The molecule has 0 radical (unpaired) electrons. The van der Waals surface area contributed by atoms with Crippen molar-refractivity contribution in [3.63, 3.8) is 0 Å². The van der Waals surface area contributed by atoms with Gasteiger partial charge < -0.3 is 8.98 Å². The second-order valence-electron chi connectivity index (χ2n) is 3.86. The maximum absolute atomic E-state index is 5.08. The Bertz CT molecular complexity index is 603. The van der Waals surface area contributed by atoms with E-state index in [-0.39, 0.29) is 0 Å². The molecule has 90 valence electrons. The van der Waals surface area contributed by atoms with Crippen molar-refractivity contribution in [2.75, 3.05) is 0 Å². The smallest absolute Gasteiger partial charge is 0.0992 e. The zero-order valence-electron chi connectivity index (χ0n) is 9.69. The first kappa shape index (κ1) is 11.2. The first-order chi connectivity index (χ1) is 8.93. The molecule has 0 N–H and O–H groups in total. The molecule has 3 aromatic rings. The van der Waals surface area contributed by atoms with Crippen LogP contribution in [0.3, 0.4) is 0 Å². The molecule has 3 rings (SSSR count). The lowest BCUT2D eigenvalue weighted by Gasteiger charge is -2.08. The minimum absolute atomic E-state index is 0.905. The number of thioether (sulfide) groups is 1. The molecule has 0 amide bonds. The SMILES string of the molecule is c1ccc(-n2ccnc2)c(SCc2ccoc2)c1. The largest absolute Gasteiger partial charge is 0.472 e. The summed E-state index contributed by atoms with van der Waals surface area (Å²) in [6.07, 6.45) is 9.05. The van der Waals surface area contributed by atoms with Crippen LogP contribution in [-0.4, -0.2) is 9.55 Å². The van der Waals surface area contributed by atoms with Crippen LogP contribution in [0.4, 0.5) is 0 Å². The number of aromatic nitrogens is 2. The summed E-state index contributed by atoms with van der Waals surface area (Å²) in [5.41, 5.74) is 2.35. The monoisotopic (exact) mass is 256 g/mol. The molecule has 4 heteroatoms. The molecular formula is C14H12N2OS. The highest BCUT2D eigenvalue weighted by molar-refractivity contribution is 7.98. The molecule has 0 atom stereocenters. The Hall–Kier alpha value is -1.94. The van der Waals surface area contributed by atoms with Gasteiger partial charge in [-0.1, -0.05) is 12.1 Å². The Balaban J connectivity index is 1.84. The highest BCUT2D eigenvalue weighted by Crippen LogP contribution is 2.28. The van der Waals surface area contributed by atoms with Crippen LogP contribution in [0, 0.1) is 0 Å². The first-order valence-corrected chi connectivity index (χ1v) is 6.63. The lowest BCUT2D eigenvalue weighted by Crippen LogP contribution is -1.92. The maximum atomic E-state index is 5.08. The van der Waals surface area contributed by atoms with E-state index in [1.807, 2.05) is 29.2 Å². The molecule has 3 nitrogen and oxygen atoms in total. The summed E-state index contributed by atoms with van der Waals surface area (Å²) in [7, 11) is 0. The fourth-order valence-corrected chi connectivity index (χ4v) is 2.71. The molecule has 1 aromatic carbocycles. The van der Waals surface area contributed by atoms with Crippen LogP contribution >= 0.6 is 11.8 Å². The predicted octanol–water partition coefficient (Wildman–Crippen LogP) is 3.76. The van der Waals surface area contributed by atoms with Crippen molar-refractivity contribution in [1.82, 2.24) is 9.55 Å². The summed E-state index contributed by atoms with van der Waals surface area (Å²) in [4.78, 5) is 5.32. The topological polar surface area (TPSA) is 31.0 Å². The van der Waals surface area contributed by atoms with Gasteiger partial charge in [-0.05, 0) is 18.2 Å². The Kier molecular flexibility index (Phi) is 3.19. The number of nitrogens with zero attached hydrogens (tertiary/aromatic N) is 2. The number of rotatable bonds is 4. The fourth-order valence-electron chi connectivity index (χ4n) is 1.73. The van der Waals surface area contributed by atoms with E-state index in [1.165, 1.54) is 10.5 Å². The van der Waals surface area contributed by atoms with Crippen LogP contribution in [0.1, 0.15) is 5.56 Å². The Morgan fingerprint density at radius 1 is 1.22 bits per heavy atom. The van der Waals surface area contributed by atoms with Crippen molar-refractivity contribution in [2.24, 2.45) is 0 Å². The van der Waals surface area contributed by atoms with Gasteiger partial charge in [-0.25, -0.2) is 4.98 Å². The maximum Gasteiger partial charge on any atom is 0.0992 e. The molecule has 0 saturated heterocycles. The molecule has 0 unspecified atom stereocenters. The van der Waals surface area contributed by atoms with Gasteiger partial charge >= 0.3 is 0 Å². The van der Waals surface area contributed by atoms with Gasteiger partial charge in [0.15, 0.2) is 0 Å². The van der Waals surface area contributed by atoms with E-state index < -0.39 is 0 Å². The van der Waals surface area contributed by atoms with E-state index in [4.69, 9.17) is 4.42 Å². The van der Waals surface area contributed by atoms with Crippen LogP contribution < -0.4 is 0 Å². The summed E-state index contributed by atoms with van der Waals surface area (Å²) in [5, 5.41) is 0. The molecule has 18 heavy (non-hydrogen) atoms. The first-order valence-electron chi connectivity index (χ1n) is 5.65. The van der Waals surface area contributed by atoms with Gasteiger partial charge in [-0.3, -0.25) is 0 Å². The highest BCUT2D eigenvalue weighted by Gasteiger charge is 2.04. The highest BCUT2D eigenvalue weighted by atomic mass is 32.2. The molecule has 0 fully saturated rings. The van der Waals surface area contributed by atoms with Gasteiger partial charge in [0, 0.05) is 28.6 Å². The second-order valence-corrected chi connectivity index (χ2v) is 4.88. The van der Waals surface area contributed by atoms with Gasteiger partial charge in [0.2, 0.25) is 0 Å². The van der Waals surface area contributed by atoms with E-state index in [2.05, 4.69) is 23.2 Å². The van der Waals surface area contributed by atoms with Crippen molar-refractivity contribution in [3.05, 3.63) is 67.1 Å². The lowest BCUT2D eigenvalue weighted by atomic mass is 10.3. The van der Waals surface area contributed by atoms with Gasteiger partial charge in [0.05, 0.1) is 24.5 Å². The van der Waals surface area contributed by atoms with E-state index in [1.54, 1.807) is 30.5 Å². The third kappa shape index (κ3) is 2.33. The van der Waals surface area contributed by atoms with Gasteiger partial charge in [0.25, 0.3) is 0 Å². The number of hydrogen-bond donors (Lipinski definition) is 0. The summed E-state index contributed by atoms with van der Waals surface area (Å²) in [6, 6.07) is 10.3. The molecule has 0 aliphatic heterocycles. The Morgan fingerprint density at radius 2 is 2.17 bits per heavy atom. The summed E-state index contributed by atoms with van der Waals surface area (Å²) < 4.78 is 7.10. The van der Waals surface area contributed by atoms with Crippen LogP contribution in [0.15, 0.2) is 70.9 Å². The third-order valence-electron chi connectivity index (χ3n) is 2.62. The molecular weight excluding hydrogens is 244 g/mol. The van der Waals surface area contributed by atoms with E-state index in [9.17, 15) is 0 Å². The van der Waals surface area contributed by atoms with Crippen LogP contribution in [0.5, 0.6) is 0 Å². The lowest BCUT2D eigenvalue weighted by molar-refractivity contribution is 0.565. The predicted molar refractivity (Wildman–Crippen MR) is 71.8 cm³/mol. The van der Waals surface area contributed by atoms with Crippen LogP contribution in [0.2, 0.25) is 0 Å². The summed E-state index contributed by atoms with van der Waals surface area (Å²) in [6.45, 7) is 0. The molecule has 0 saturated carbocycles. The van der Waals surface area contributed by atoms with Gasteiger partial charge in [0.1, 0.15) is 0 Å². The molecule has 0 aliphatic rings. The Morgan fingerprint density at radius 3 is 2.94 bits per heavy atom. The summed E-state index contributed by atoms with van der Waals surface area (Å²) in [5.74, 6) is 0.905. The van der Waals surface area contributed by atoms with Crippen molar-refractivity contribution >= 4 is 11.8 Å². The van der Waals surface area contributed by atoms with Crippen LogP contribution in [-0.2, 0) is 5.75 Å². The quantitative estimate of drug-likeness (QED) is 0.666. The summed E-state index contributed by atoms with van der Waals surface area (Å²) >= 11 is 1.79. The molecule has 0 aliphatic carbocycles. The number of hydrogen-bond acceptors (Lipinski definition) is 3. The van der Waals surface area contributed by atoms with E-state index in [0.717, 1.165) is 11.4 Å². The van der Waals surface area contributed by atoms with Gasteiger partial charge in [-0.15, -0.1) is 11.8 Å². The minimum Gasteiger partial charge on any atom is -0.472 e. The van der Waals surface area contributed by atoms with Crippen molar-refractivity contribution in [3.8, 4) is 5.69 Å². The molecule has 0 spiro atoms. The second kappa shape index (κ2) is 5.14. The van der Waals surface area contributed by atoms with Crippen LogP contribution in [0.25, 0.3) is 5.69 Å². The van der Waals surface area contributed by atoms with Crippen molar-refractivity contribution in [1.29, 1.82) is 0 Å². The standard InChI is InChI=1S/C14H12N2OS/c1-2-4-14(18-10-12-5-8-17-9-12)13(3-1)16-7-6-15-11-16/h1-9,11H,10H2. The Labute approximate surface area is 109 Å². The zero-order chi connectivity index (χ0) is 12.2.